The highest BCUT2D eigenvalue weighted by atomic mass is 32.2. The minimum absolute atomic E-state index is 0.0176. The minimum Gasteiger partial charge on any atom is -0.392 e. The largest absolute Gasteiger partial charge is 0.392 e. The molecule has 2 N–H and O–H groups in total. The average molecular weight is 262 g/mol. The summed E-state index contributed by atoms with van der Waals surface area (Å²) in [5, 5.41) is 0. The highest BCUT2D eigenvalue weighted by molar-refractivity contribution is 7.98. The molecule has 2 atom stereocenters. The topological polar surface area (TPSA) is 46.3 Å². The van der Waals surface area contributed by atoms with Crippen molar-refractivity contribution in [2.45, 2.75) is 33.2 Å². The van der Waals surface area contributed by atoms with E-state index in [0.29, 0.717) is 6.42 Å². The first-order chi connectivity index (χ1) is 7.31. The van der Waals surface area contributed by atoms with Crippen LogP contribution in [0.2, 0.25) is 0 Å². The zero-order valence-electron chi connectivity index (χ0n) is 10.7. The Balaban J connectivity index is 4.82. The van der Waals surface area contributed by atoms with Crippen molar-refractivity contribution in [2.75, 3.05) is 19.1 Å². The summed E-state index contributed by atoms with van der Waals surface area (Å²) in [7, 11) is 1.81. The van der Waals surface area contributed by atoms with Gasteiger partial charge >= 0.3 is 0 Å². The van der Waals surface area contributed by atoms with Crippen molar-refractivity contribution >= 4 is 34.9 Å². The first-order valence-electron chi connectivity index (χ1n) is 5.37. The molecule has 0 radical (unpaired) electrons. The summed E-state index contributed by atoms with van der Waals surface area (Å²) in [6, 6.07) is 0.197. The summed E-state index contributed by atoms with van der Waals surface area (Å²) in [4.78, 5) is 14.3. The third-order valence-corrected chi connectivity index (χ3v) is 4.38. The van der Waals surface area contributed by atoms with Gasteiger partial charge in [0, 0.05) is 18.8 Å². The number of amides is 1. The molecule has 0 saturated carbocycles. The lowest BCUT2D eigenvalue weighted by atomic mass is 9.85. The maximum atomic E-state index is 12.3. The zero-order valence-corrected chi connectivity index (χ0v) is 12.4. The van der Waals surface area contributed by atoms with Gasteiger partial charge in [-0.05, 0) is 26.5 Å². The zero-order chi connectivity index (χ0) is 12.9. The number of thiocarbonyl (C=S) groups is 1. The van der Waals surface area contributed by atoms with Crippen LogP contribution in [0, 0.1) is 5.41 Å². The normalized spacial score (nSPS) is 16.3. The Hall–Kier alpha value is -0.290. The van der Waals surface area contributed by atoms with Crippen molar-refractivity contribution in [1.82, 2.24) is 4.90 Å². The van der Waals surface area contributed by atoms with Crippen molar-refractivity contribution in [3.05, 3.63) is 0 Å². The SMILES string of the molecule is CCC(C)(C(=O)N(C)C(C)CSC)C(N)=S. The fourth-order valence-electron chi connectivity index (χ4n) is 1.37. The summed E-state index contributed by atoms with van der Waals surface area (Å²) < 4.78 is 0. The Morgan fingerprint density at radius 2 is 2.12 bits per heavy atom. The summed E-state index contributed by atoms with van der Waals surface area (Å²) >= 11 is 6.73. The predicted molar refractivity (Wildman–Crippen MR) is 75.8 cm³/mol. The molecule has 2 unspecified atom stereocenters. The molecular formula is C11H22N2OS2. The molecule has 5 heteroatoms. The van der Waals surface area contributed by atoms with E-state index in [0.717, 1.165) is 5.75 Å². The highest BCUT2D eigenvalue weighted by Gasteiger charge is 2.37. The van der Waals surface area contributed by atoms with Crippen LogP contribution < -0.4 is 5.73 Å². The number of thioether (sulfide) groups is 1. The van der Waals surface area contributed by atoms with Gasteiger partial charge in [0.2, 0.25) is 5.91 Å². The summed E-state index contributed by atoms with van der Waals surface area (Å²) in [5.74, 6) is 0.934. The molecule has 16 heavy (non-hydrogen) atoms. The Morgan fingerprint density at radius 1 is 1.62 bits per heavy atom. The van der Waals surface area contributed by atoms with Crippen LogP contribution in [-0.2, 0) is 4.79 Å². The first-order valence-corrected chi connectivity index (χ1v) is 7.17. The molecule has 0 aromatic heterocycles. The van der Waals surface area contributed by atoms with Gasteiger partial charge in [-0.15, -0.1) is 0 Å². The lowest BCUT2D eigenvalue weighted by molar-refractivity contribution is -0.137. The summed E-state index contributed by atoms with van der Waals surface area (Å²) in [6.45, 7) is 5.79. The Bertz CT molecular complexity index is 271. The number of nitrogens with two attached hydrogens (primary N) is 1. The van der Waals surface area contributed by atoms with Crippen LogP contribution >= 0.6 is 24.0 Å². The van der Waals surface area contributed by atoms with Crippen molar-refractivity contribution in [2.24, 2.45) is 11.1 Å². The molecule has 0 aliphatic heterocycles. The number of rotatable bonds is 6. The van der Waals surface area contributed by atoms with E-state index in [9.17, 15) is 4.79 Å². The van der Waals surface area contributed by atoms with Crippen LogP contribution in [0.15, 0.2) is 0 Å². The van der Waals surface area contributed by atoms with E-state index in [1.807, 2.05) is 34.1 Å². The maximum absolute atomic E-state index is 12.3. The van der Waals surface area contributed by atoms with Crippen LogP contribution in [0.5, 0.6) is 0 Å². The second-order valence-electron chi connectivity index (χ2n) is 4.27. The van der Waals surface area contributed by atoms with Crippen LogP contribution in [0.3, 0.4) is 0 Å². The smallest absolute Gasteiger partial charge is 0.235 e. The van der Waals surface area contributed by atoms with Crippen LogP contribution in [0.4, 0.5) is 0 Å². The van der Waals surface area contributed by atoms with Gasteiger partial charge in [-0.25, -0.2) is 0 Å². The molecule has 0 heterocycles. The third kappa shape index (κ3) is 3.35. The maximum Gasteiger partial charge on any atom is 0.235 e. The fourth-order valence-corrected chi connectivity index (χ4v) is 2.31. The van der Waals surface area contributed by atoms with E-state index in [4.69, 9.17) is 18.0 Å². The van der Waals surface area contributed by atoms with Crippen molar-refractivity contribution in [3.63, 3.8) is 0 Å². The van der Waals surface area contributed by atoms with Crippen molar-refractivity contribution in [1.29, 1.82) is 0 Å². The average Bonchev–Trinajstić information content (AvgIpc) is 2.25. The van der Waals surface area contributed by atoms with Gasteiger partial charge < -0.3 is 10.6 Å². The molecule has 0 aliphatic rings. The van der Waals surface area contributed by atoms with Gasteiger partial charge in [-0.1, -0.05) is 19.1 Å². The molecule has 3 nitrogen and oxygen atoms in total. The molecule has 0 fully saturated rings. The van der Waals surface area contributed by atoms with E-state index < -0.39 is 5.41 Å². The summed E-state index contributed by atoms with van der Waals surface area (Å²) in [5.41, 5.74) is 4.96. The molecule has 0 aromatic rings. The van der Waals surface area contributed by atoms with Gasteiger partial charge in [0.05, 0.1) is 10.4 Å². The molecule has 1 amide bonds. The second kappa shape index (κ2) is 6.45. The quantitative estimate of drug-likeness (QED) is 0.743. The van der Waals surface area contributed by atoms with Crippen molar-refractivity contribution < 1.29 is 4.79 Å². The van der Waals surface area contributed by atoms with Gasteiger partial charge in [0.25, 0.3) is 0 Å². The standard InChI is InChI=1S/C11H22N2OS2/c1-6-11(3,9(12)15)10(14)13(4)8(2)7-16-5/h8H,6-7H2,1-5H3,(H2,12,15). The number of hydrogen-bond acceptors (Lipinski definition) is 3. The fraction of sp³-hybridized carbons (Fsp3) is 0.818. The van der Waals surface area contributed by atoms with Gasteiger partial charge in [-0.2, -0.15) is 11.8 Å². The van der Waals surface area contributed by atoms with Crippen molar-refractivity contribution in [3.8, 4) is 0 Å². The van der Waals surface area contributed by atoms with Crippen LogP contribution in [-0.4, -0.2) is 40.9 Å². The third-order valence-electron chi connectivity index (χ3n) is 3.11. The lowest BCUT2D eigenvalue weighted by Crippen LogP contribution is -2.50. The van der Waals surface area contributed by atoms with E-state index in [2.05, 4.69) is 0 Å². The van der Waals surface area contributed by atoms with Gasteiger partial charge in [-0.3, -0.25) is 4.79 Å². The molecular weight excluding hydrogens is 240 g/mol. The van der Waals surface area contributed by atoms with Gasteiger partial charge in [0.15, 0.2) is 0 Å². The molecule has 0 spiro atoms. The molecule has 0 rings (SSSR count). The number of carbonyl (C=O) groups is 1. The predicted octanol–water partition coefficient (Wildman–Crippen LogP) is 1.90. The molecule has 0 aromatic carbocycles. The van der Waals surface area contributed by atoms with E-state index in [1.165, 1.54) is 0 Å². The number of hydrogen-bond donors (Lipinski definition) is 1. The Kier molecular flexibility index (Phi) is 6.33. The summed E-state index contributed by atoms with van der Waals surface area (Å²) in [6.07, 6.45) is 2.67. The monoisotopic (exact) mass is 262 g/mol. The van der Waals surface area contributed by atoms with Crippen LogP contribution in [0.1, 0.15) is 27.2 Å². The lowest BCUT2D eigenvalue weighted by Gasteiger charge is -2.34. The Morgan fingerprint density at radius 3 is 2.44 bits per heavy atom. The first kappa shape index (κ1) is 15.7. The molecule has 0 aliphatic carbocycles. The van der Waals surface area contributed by atoms with E-state index in [-0.39, 0.29) is 16.9 Å². The minimum atomic E-state index is -0.712. The second-order valence-corrected chi connectivity index (χ2v) is 5.62. The number of nitrogens with zero attached hydrogens (tertiary/aromatic N) is 1. The van der Waals surface area contributed by atoms with Gasteiger partial charge in [0.1, 0.15) is 0 Å². The van der Waals surface area contributed by atoms with E-state index in [1.54, 1.807) is 16.7 Å². The highest BCUT2D eigenvalue weighted by Crippen LogP contribution is 2.25. The molecule has 0 bridgehead atoms. The van der Waals surface area contributed by atoms with E-state index >= 15 is 0 Å². The molecule has 0 saturated heterocycles. The number of carbonyl (C=O) groups excluding carboxylic acids is 1. The molecule has 94 valence electrons. The Labute approximate surface area is 108 Å². The van der Waals surface area contributed by atoms with Crippen LogP contribution in [0.25, 0.3) is 0 Å².